The van der Waals surface area contributed by atoms with Gasteiger partial charge in [0.25, 0.3) is 0 Å². The molecular weight excluding hydrogens is 242 g/mol. The zero-order chi connectivity index (χ0) is 14.0. The number of nitrogens with zero attached hydrogens (tertiary/aromatic N) is 4. The maximum atomic E-state index is 11.8. The van der Waals surface area contributed by atoms with Crippen LogP contribution in [0.25, 0.3) is 0 Å². The van der Waals surface area contributed by atoms with E-state index in [4.69, 9.17) is 0 Å². The van der Waals surface area contributed by atoms with Crippen LogP contribution in [0.4, 0.5) is 5.82 Å². The quantitative estimate of drug-likeness (QED) is 0.903. The second-order valence-corrected chi connectivity index (χ2v) is 4.70. The van der Waals surface area contributed by atoms with Gasteiger partial charge in [0, 0.05) is 38.5 Å². The fraction of sp³-hybridized carbons (Fsp3) is 0.462. The molecule has 0 saturated carbocycles. The van der Waals surface area contributed by atoms with E-state index in [1.54, 1.807) is 16.9 Å². The van der Waals surface area contributed by atoms with Gasteiger partial charge < -0.3 is 5.32 Å². The Kier molecular flexibility index (Phi) is 3.69. The maximum absolute atomic E-state index is 11.8. The smallest absolute Gasteiger partial charge is 0.225 e. The molecule has 0 atom stereocenters. The summed E-state index contributed by atoms with van der Waals surface area (Å²) in [6, 6.07) is 1.78. The number of hydrogen-bond acceptors (Lipinski definition) is 3. The van der Waals surface area contributed by atoms with E-state index in [2.05, 4.69) is 15.5 Å². The molecule has 0 bridgehead atoms. The highest BCUT2D eigenvalue weighted by atomic mass is 16.1. The monoisotopic (exact) mass is 261 g/mol. The van der Waals surface area contributed by atoms with E-state index in [0.29, 0.717) is 18.7 Å². The van der Waals surface area contributed by atoms with E-state index in [-0.39, 0.29) is 5.91 Å². The van der Waals surface area contributed by atoms with Crippen LogP contribution >= 0.6 is 0 Å². The molecule has 6 nitrogen and oxygen atoms in total. The number of anilines is 1. The highest BCUT2D eigenvalue weighted by Gasteiger charge is 2.11. The van der Waals surface area contributed by atoms with E-state index >= 15 is 0 Å². The van der Waals surface area contributed by atoms with Gasteiger partial charge in [-0.3, -0.25) is 14.2 Å². The SMILES string of the molecule is Cc1nn(C)c(C)c1CCC(=O)Nc1ccn(C)n1. The summed E-state index contributed by atoms with van der Waals surface area (Å²) in [5.41, 5.74) is 3.26. The molecule has 2 aromatic rings. The zero-order valence-electron chi connectivity index (χ0n) is 11.8. The molecule has 0 aliphatic heterocycles. The molecule has 0 radical (unpaired) electrons. The summed E-state index contributed by atoms with van der Waals surface area (Å²) in [7, 11) is 3.73. The Labute approximate surface area is 112 Å². The lowest BCUT2D eigenvalue weighted by molar-refractivity contribution is -0.116. The molecule has 19 heavy (non-hydrogen) atoms. The number of amides is 1. The maximum Gasteiger partial charge on any atom is 0.225 e. The summed E-state index contributed by atoms with van der Waals surface area (Å²) in [5.74, 6) is 0.563. The first-order chi connectivity index (χ1) is 8.97. The largest absolute Gasteiger partial charge is 0.309 e. The fourth-order valence-electron chi connectivity index (χ4n) is 2.10. The van der Waals surface area contributed by atoms with Crippen LogP contribution in [0.15, 0.2) is 12.3 Å². The Bertz CT molecular complexity index is 596. The number of carbonyl (C=O) groups is 1. The molecule has 0 fully saturated rings. The third kappa shape index (κ3) is 3.01. The second-order valence-electron chi connectivity index (χ2n) is 4.70. The number of nitrogens with one attached hydrogen (secondary N) is 1. The van der Waals surface area contributed by atoms with Gasteiger partial charge in [0.05, 0.1) is 5.69 Å². The number of aromatic nitrogens is 4. The number of hydrogen-bond donors (Lipinski definition) is 1. The van der Waals surface area contributed by atoms with Crippen LogP contribution < -0.4 is 5.32 Å². The van der Waals surface area contributed by atoms with Gasteiger partial charge in [0.1, 0.15) is 0 Å². The van der Waals surface area contributed by atoms with E-state index in [1.165, 1.54) is 0 Å². The molecule has 6 heteroatoms. The van der Waals surface area contributed by atoms with E-state index in [1.807, 2.05) is 32.6 Å². The van der Waals surface area contributed by atoms with Crippen LogP contribution in [0.3, 0.4) is 0 Å². The van der Waals surface area contributed by atoms with Gasteiger partial charge in [-0.2, -0.15) is 10.2 Å². The van der Waals surface area contributed by atoms with Crippen molar-refractivity contribution in [2.45, 2.75) is 26.7 Å². The first-order valence-electron chi connectivity index (χ1n) is 6.26. The first-order valence-corrected chi connectivity index (χ1v) is 6.26. The molecule has 0 aliphatic rings. The summed E-state index contributed by atoms with van der Waals surface area (Å²) in [4.78, 5) is 11.8. The number of carbonyl (C=O) groups excluding carboxylic acids is 1. The van der Waals surface area contributed by atoms with E-state index < -0.39 is 0 Å². The third-order valence-electron chi connectivity index (χ3n) is 3.24. The van der Waals surface area contributed by atoms with Crippen molar-refractivity contribution in [2.24, 2.45) is 14.1 Å². The standard InChI is InChI=1S/C13H19N5O/c1-9-11(10(2)18(4)15-9)5-6-13(19)14-12-7-8-17(3)16-12/h7-8H,5-6H2,1-4H3,(H,14,16,19). The molecule has 2 rings (SSSR count). The predicted octanol–water partition coefficient (Wildman–Crippen LogP) is 1.34. The van der Waals surface area contributed by atoms with Crippen LogP contribution in [0.2, 0.25) is 0 Å². The topological polar surface area (TPSA) is 64.7 Å². The van der Waals surface area contributed by atoms with Gasteiger partial charge in [-0.15, -0.1) is 0 Å². The van der Waals surface area contributed by atoms with Crippen molar-refractivity contribution in [3.63, 3.8) is 0 Å². The second kappa shape index (κ2) is 5.26. The van der Waals surface area contributed by atoms with Crippen molar-refractivity contribution in [3.8, 4) is 0 Å². The highest BCUT2D eigenvalue weighted by molar-refractivity contribution is 5.89. The minimum atomic E-state index is -0.0265. The lowest BCUT2D eigenvalue weighted by atomic mass is 10.1. The van der Waals surface area contributed by atoms with E-state index in [0.717, 1.165) is 17.0 Å². The Morgan fingerprint density at radius 1 is 1.32 bits per heavy atom. The fourth-order valence-corrected chi connectivity index (χ4v) is 2.10. The molecule has 102 valence electrons. The Hall–Kier alpha value is -2.11. The van der Waals surface area contributed by atoms with Gasteiger partial charge in [0.15, 0.2) is 5.82 Å². The summed E-state index contributed by atoms with van der Waals surface area (Å²) < 4.78 is 3.51. The minimum absolute atomic E-state index is 0.0265. The van der Waals surface area contributed by atoms with Crippen LogP contribution in [-0.2, 0) is 25.3 Å². The van der Waals surface area contributed by atoms with Gasteiger partial charge >= 0.3 is 0 Å². The molecule has 0 saturated heterocycles. The third-order valence-corrected chi connectivity index (χ3v) is 3.24. The molecule has 2 aromatic heterocycles. The van der Waals surface area contributed by atoms with Gasteiger partial charge in [-0.25, -0.2) is 0 Å². The van der Waals surface area contributed by atoms with Crippen LogP contribution in [0.5, 0.6) is 0 Å². The molecule has 1 N–H and O–H groups in total. The molecule has 2 heterocycles. The first kappa shape index (κ1) is 13.3. The van der Waals surface area contributed by atoms with Gasteiger partial charge in [-0.05, 0) is 25.8 Å². The number of aryl methyl sites for hydroxylation is 3. The van der Waals surface area contributed by atoms with Crippen molar-refractivity contribution in [1.29, 1.82) is 0 Å². The molecule has 0 spiro atoms. The van der Waals surface area contributed by atoms with Crippen molar-refractivity contribution in [2.75, 3.05) is 5.32 Å². The molecule has 0 aromatic carbocycles. The zero-order valence-corrected chi connectivity index (χ0v) is 11.8. The Morgan fingerprint density at radius 3 is 2.58 bits per heavy atom. The number of rotatable bonds is 4. The molecule has 0 unspecified atom stereocenters. The van der Waals surface area contributed by atoms with Gasteiger partial charge in [0.2, 0.25) is 5.91 Å². The molecule has 0 aliphatic carbocycles. The average Bonchev–Trinajstić information content (AvgIpc) is 2.83. The Balaban J connectivity index is 1.93. The van der Waals surface area contributed by atoms with E-state index in [9.17, 15) is 4.79 Å². The van der Waals surface area contributed by atoms with Crippen molar-refractivity contribution < 1.29 is 4.79 Å². The van der Waals surface area contributed by atoms with Gasteiger partial charge in [-0.1, -0.05) is 0 Å². The van der Waals surface area contributed by atoms with Crippen LogP contribution in [-0.4, -0.2) is 25.5 Å². The lowest BCUT2D eigenvalue weighted by Gasteiger charge is -2.03. The predicted molar refractivity (Wildman–Crippen MR) is 72.8 cm³/mol. The minimum Gasteiger partial charge on any atom is -0.309 e. The van der Waals surface area contributed by atoms with Crippen LogP contribution in [0.1, 0.15) is 23.4 Å². The normalized spacial score (nSPS) is 10.7. The molecule has 1 amide bonds. The van der Waals surface area contributed by atoms with Crippen molar-refractivity contribution >= 4 is 11.7 Å². The summed E-state index contributed by atoms with van der Waals surface area (Å²) in [6.45, 7) is 3.99. The summed E-state index contributed by atoms with van der Waals surface area (Å²) >= 11 is 0. The lowest BCUT2D eigenvalue weighted by Crippen LogP contribution is -2.13. The van der Waals surface area contributed by atoms with Crippen molar-refractivity contribution in [3.05, 3.63) is 29.2 Å². The Morgan fingerprint density at radius 2 is 2.05 bits per heavy atom. The van der Waals surface area contributed by atoms with Crippen molar-refractivity contribution in [1.82, 2.24) is 19.6 Å². The summed E-state index contributed by atoms with van der Waals surface area (Å²) in [6.07, 6.45) is 2.93. The van der Waals surface area contributed by atoms with Crippen LogP contribution in [0, 0.1) is 13.8 Å². The summed E-state index contributed by atoms with van der Waals surface area (Å²) in [5, 5.41) is 11.2. The molecular formula is C13H19N5O. The average molecular weight is 261 g/mol. The highest BCUT2D eigenvalue weighted by Crippen LogP contribution is 2.14.